The Bertz CT molecular complexity index is 498. The van der Waals surface area contributed by atoms with Crippen LogP contribution in [-0.2, 0) is 6.18 Å². The van der Waals surface area contributed by atoms with E-state index in [-0.39, 0.29) is 11.6 Å². The average molecular weight is 240 g/mol. The highest BCUT2D eigenvalue weighted by molar-refractivity contribution is 5.52. The zero-order valence-electron chi connectivity index (χ0n) is 8.44. The summed E-state index contributed by atoms with van der Waals surface area (Å²) in [5.41, 5.74) is -0.725. The lowest BCUT2D eigenvalue weighted by Crippen LogP contribution is -2.08. The Labute approximate surface area is 94.6 Å². The molecular formula is C10H7F3N4. The van der Waals surface area contributed by atoms with E-state index in [0.29, 0.717) is 0 Å². The molecule has 2 aromatic heterocycles. The molecule has 0 spiro atoms. The van der Waals surface area contributed by atoms with Crippen LogP contribution in [0.5, 0.6) is 0 Å². The second kappa shape index (κ2) is 4.36. The molecule has 4 nitrogen and oxygen atoms in total. The molecule has 1 N–H and O–H groups in total. The van der Waals surface area contributed by atoms with Gasteiger partial charge in [-0.1, -0.05) is 0 Å². The highest BCUT2D eigenvalue weighted by atomic mass is 19.4. The molecule has 7 heteroatoms. The first-order chi connectivity index (χ1) is 8.05. The highest BCUT2D eigenvalue weighted by Crippen LogP contribution is 2.29. The summed E-state index contributed by atoms with van der Waals surface area (Å²) in [6.45, 7) is 0. The Hall–Kier alpha value is -2.18. The van der Waals surface area contributed by atoms with Crippen molar-refractivity contribution < 1.29 is 13.2 Å². The van der Waals surface area contributed by atoms with Crippen molar-refractivity contribution in [1.82, 2.24) is 15.0 Å². The standard InChI is InChI=1S/C10H7F3N4/c11-10(12,13)8-6-7(2-5-14-8)17-9-15-3-1-4-16-9/h1-6H,(H,14,15,16,17). The van der Waals surface area contributed by atoms with Gasteiger partial charge in [-0.25, -0.2) is 9.97 Å². The van der Waals surface area contributed by atoms with Gasteiger partial charge in [0.15, 0.2) is 0 Å². The molecular weight excluding hydrogens is 233 g/mol. The summed E-state index contributed by atoms with van der Waals surface area (Å²) in [7, 11) is 0. The molecule has 2 rings (SSSR count). The van der Waals surface area contributed by atoms with Gasteiger partial charge in [0.1, 0.15) is 5.69 Å². The molecule has 17 heavy (non-hydrogen) atoms. The van der Waals surface area contributed by atoms with E-state index in [0.717, 1.165) is 12.3 Å². The lowest BCUT2D eigenvalue weighted by molar-refractivity contribution is -0.141. The molecule has 0 aliphatic carbocycles. The number of aromatic nitrogens is 3. The third-order valence-electron chi connectivity index (χ3n) is 1.87. The number of anilines is 2. The van der Waals surface area contributed by atoms with Crippen molar-refractivity contribution in [2.45, 2.75) is 6.18 Å². The molecule has 0 unspecified atom stereocenters. The number of nitrogens with one attached hydrogen (secondary N) is 1. The second-order valence-electron chi connectivity index (χ2n) is 3.12. The normalized spacial score (nSPS) is 11.2. The number of rotatable bonds is 2. The van der Waals surface area contributed by atoms with Crippen molar-refractivity contribution >= 4 is 11.6 Å². The molecule has 0 saturated carbocycles. The maximum atomic E-state index is 12.4. The highest BCUT2D eigenvalue weighted by Gasteiger charge is 2.32. The summed E-state index contributed by atoms with van der Waals surface area (Å²) in [5.74, 6) is 0.229. The minimum atomic E-state index is -4.46. The molecule has 0 aliphatic heterocycles. The van der Waals surface area contributed by atoms with Gasteiger partial charge in [-0.05, 0) is 18.2 Å². The maximum absolute atomic E-state index is 12.4. The van der Waals surface area contributed by atoms with Gasteiger partial charge in [0.05, 0.1) is 0 Å². The van der Waals surface area contributed by atoms with E-state index >= 15 is 0 Å². The van der Waals surface area contributed by atoms with E-state index in [1.54, 1.807) is 6.07 Å². The fourth-order valence-electron chi connectivity index (χ4n) is 1.16. The van der Waals surface area contributed by atoms with Crippen molar-refractivity contribution in [2.75, 3.05) is 5.32 Å². The van der Waals surface area contributed by atoms with Gasteiger partial charge in [-0.3, -0.25) is 4.98 Å². The first-order valence-electron chi connectivity index (χ1n) is 4.63. The predicted molar refractivity (Wildman–Crippen MR) is 54.6 cm³/mol. The Morgan fingerprint density at radius 2 is 1.71 bits per heavy atom. The number of alkyl halides is 3. The largest absolute Gasteiger partial charge is 0.433 e. The van der Waals surface area contributed by atoms with Crippen molar-refractivity contribution in [3.63, 3.8) is 0 Å². The summed E-state index contributed by atoms with van der Waals surface area (Å²) in [4.78, 5) is 10.9. The van der Waals surface area contributed by atoms with E-state index < -0.39 is 11.9 Å². The summed E-state index contributed by atoms with van der Waals surface area (Å²) >= 11 is 0. The van der Waals surface area contributed by atoms with Crippen molar-refractivity contribution in [3.05, 3.63) is 42.5 Å². The van der Waals surface area contributed by atoms with Crippen LogP contribution in [0.15, 0.2) is 36.8 Å². The zero-order chi connectivity index (χ0) is 12.3. The van der Waals surface area contributed by atoms with Crippen LogP contribution in [0.2, 0.25) is 0 Å². The molecule has 0 aliphatic rings. The fourth-order valence-corrected chi connectivity index (χ4v) is 1.16. The van der Waals surface area contributed by atoms with Gasteiger partial charge < -0.3 is 5.32 Å². The van der Waals surface area contributed by atoms with Crippen molar-refractivity contribution in [2.24, 2.45) is 0 Å². The lowest BCUT2D eigenvalue weighted by atomic mass is 10.3. The molecule has 0 aromatic carbocycles. The molecule has 0 saturated heterocycles. The Kier molecular flexibility index (Phi) is 2.90. The van der Waals surface area contributed by atoms with E-state index in [4.69, 9.17) is 0 Å². The smallest absolute Gasteiger partial charge is 0.324 e. The fraction of sp³-hybridized carbons (Fsp3) is 0.100. The molecule has 0 fully saturated rings. The van der Waals surface area contributed by atoms with Gasteiger partial charge in [-0.2, -0.15) is 13.2 Å². The van der Waals surface area contributed by atoms with E-state index in [9.17, 15) is 13.2 Å². The predicted octanol–water partition coefficient (Wildman–Crippen LogP) is 2.63. The van der Waals surface area contributed by atoms with Crippen LogP contribution in [-0.4, -0.2) is 15.0 Å². The molecule has 0 bridgehead atoms. The summed E-state index contributed by atoms with van der Waals surface area (Å²) in [5, 5.41) is 2.65. The van der Waals surface area contributed by atoms with Crippen LogP contribution in [0, 0.1) is 0 Å². The van der Waals surface area contributed by atoms with E-state index in [2.05, 4.69) is 20.3 Å². The van der Waals surface area contributed by atoms with Crippen LogP contribution in [0.3, 0.4) is 0 Å². The van der Waals surface area contributed by atoms with Gasteiger partial charge in [0.25, 0.3) is 0 Å². The van der Waals surface area contributed by atoms with Crippen LogP contribution < -0.4 is 5.32 Å². The summed E-state index contributed by atoms with van der Waals surface area (Å²) in [6.07, 6.45) is -0.411. The Morgan fingerprint density at radius 1 is 1.00 bits per heavy atom. The second-order valence-corrected chi connectivity index (χ2v) is 3.12. The van der Waals surface area contributed by atoms with E-state index in [1.807, 2.05) is 0 Å². The van der Waals surface area contributed by atoms with Crippen LogP contribution >= 0.6 is 0 Å². The first kappa shape index (κ1) is 11.3. The number of hydrogen-bond donors (Lipinski definition) is 1. The first-order valence-corrected chi connectivity index (χ1v) is 4.63. The molecule has 0 radical (unpaired) electrons. The minimum Gasteiger partial charge on any atom is -0.324 e. The molecule has 2 aromatic rings. The van der Waals surface area contributed by atoms with Crippen molar-refractivity contribution in [1.29, 1.82) is 0 Å². The molecule has 88 valence electrons. The van der Waals surface area contributed by atoms with Gasteiger partial charge >= 0.3 is 6.18 Å². The maximum Gasteiger partial charge on any atom is 0.433 e. The van der Waals surface area contributed by atoms with Gasteiger partial charge in [0, 0.05) is 24.3 Å². The Balaban J connectivity index is 2.23. The quantitative estimate of drug-likeness (QED) is 0.876. The number of halogens is 3. The third-order valence-corrected chi connectivity index (χ3v) is 1.87. The molecule has 0 amide bonds. The number of nitrogens with zero attached hydrogens (tertiary/aromatic N) is 3. The summed E-state index contributed by atoms with van der Waals surface area (Å²) in [6, 6.07) is 3.92. The average Bonchev–Trinajstić information content (AvgIpc) is 2.29. The van der Waals surface area contributed by atoms with Crippen LogP contribution in [0.4, 0.5) is 24.8 Å². The minimum absolute atomic E-state index is 0.229. The molecule has 0 atom stereocenters. The molecule has 2 heterocycles. The van der Waals surface area contributed by atoms with Crippen LogP contribution in [0.1, 0.15) is 5.69 Å². The number of hydrogen-bond acceptors (Lipinski definition) is 4. The van der Waals surface area contributed by atoms with Gasteiger partial charge in [0.2, 0.25) is 5.95 Å². The lowest BCUT2D eigenvalue weighted by Gasteiger charge is -2.08. The summed E-state index contributed by atoms with van der Waals surface area (Å²) < 4.78 is 37.2. The van der Waals surface area contributed by atoms with Gasteiger partial charge in [-0.15, -0.1) is 0 Å². The van der Waals surface area contributed by atoms with E-state index in [1.165, 1.54) is 18.5 Å². The van der Waals surface area contributed by atoms with Crippen molar-refractivity contribution in [3.8, 4) is 0 Å². The topological polar surface area (TPSA) is 50.7 Å². The SMILES string of the molecule is FC(F)(F)c1cc(Nc2ncccn2)ccn1. The Morgan fingerprint density at radius 3 is 2.35 bits per heavy atom. The van der Waals surface area contributed by atoms with Crippen LogP contribution in [0.25, 0.3) is 0 Å². The monoisotopic (exact) mass is 240 g/mol. The zero-order valence-corrected chi connectivity index (χ0v) is 8.44. The number of pyridine rings is 1. The third kappa shape index (κ3) is 2.90.